The molecule has 0 saturated carbocycles. The summed E-state index contributed by atoms with van der Waals surface area (Å²) in [6.07, 6.45) is 1.77. The summed E-state index contributed by atoms with van der Waals surface area (Å²) in [5.41, 5.74) is 8.49. The molecule has 0 amide bonds. The minimum atomic E-state index is 0.178. The third kappa shape index (κ3) is 2.05. The SMILES string of the molecule is COc1cc(-c2nc(N)nc3cc[nH]c23)c(Cl)cc1Cl. The van der Waals surface area contributed by atoms with Crippen molar-refractivity contribution in [1.82, 2.24) is 15.0 Å². The van der Waals surface area contributed by atoms with E-state index in [0.29, 0.717) is 27.1 Å². The van der Waals surface area contributed by atoms with Crippen molar-refractivity contribution in [2.45, 2.75) is 0 Å². The van der Waals surface area contributed by atoms with Gasteiger partial charge in [-0.15, -0.1) is 0 Å². The first kappa shape index (κ1) is 13.0. The molecule has 0 radical (unpaired) electrons. The van der Waals surface area contributed by atoms with Gasteiger partial charge in [0.15, 0.2) is 0 Å². The molecule has 3 N–H and O–H groups in total. The van der Waals surface area contributed by atoms with Crippen molar-refractivity contribution >= 4 is 40.2 Å². The van der Waals surface area contributed by atoms with E-state index in [-0.39, 0.29) is 5.95 Å². The summed E-state index contributed by atoms with van der Waals surface area (Å²) in [4.78, 5) is 11.5. The van der Waals surface area contributed by atoms with Gasteiger partial charge < -0.3 is 15.5 Å². The molecule has 5 nitrogen and oxygen atoms in total. The highest BCUT2D eigenvalue weighted by molar-refractivity contribution is 6.37. The van der Waals surface area contributed by atoms with Crippen LogP contribution in [0.5, 0.6) is 5.75 Å². The Hall–Kier alpha value is -1.98. The third-order valence-corrected chi connectivity index (χ3v) is 3.53. The van der Waals surface area contributed by atoms with Gasteiger partial charge in [0.25, 0.3) is 0 Å². The molecule has 0 fully saturated rings. The van der Waals surface area contributed by atoms with E-state index in [0.717, 1.165) is 11.0 Å². The molecule has 0 spiro atoms. The number of nitrogen functional groups attached to an aromatic ring is 1. The van der Waals surface area contributed by atoms with Gasteiger partial charge in [0, 0.05) is 11.8 Å². The number of H-pyrrole nitrogens is 1. The average Bonchev–Trinajstić information content (AvgIpc) is 2.86. The molecule has 20 heavy (non-hydrogen) atoms. The first-order valence-corrected chi connectivity index (χ1v) is 6.49. The second-order valence-electron chi connectivity index (χ2n) is 4.13. The van der Waals surface area contributed by atoms with E-state index in [1.165, 1.54) is 7.11 Å². The molecule has 0 aliphatic rings. The molecular weight excluding hydrogens is 299 g/mol. The molecule has 0 saturated heterocycles. The van der Waals surface area contributed by atoms with E-state index < -0.39 is 0 Å². The van der Waals surface area contributed by atoms with E-state index in [9.17, 15) is 0 Å². The highest BCUT2D eigenvalue weighted by atomic mass is 35.5. The zero-order valence-corrected chi connectivity index (χ0v) is 12.0. The molecule has 0 atom stereocenters. The van der Waals surface area contributed by atoms with E-state index in [4.69, 9.17) is 33.7 Å². The second kappa shape index (κ2) is 4.85. The van der Waals surface area contributed by atoms with Crippen molar-refractivity contribution in [2.75, 3.05) is 12.8 Å². The van der Waals surface area contributed by atoms with Crippen molar-refractivity contribution in [1.29, 1.82) is 0 Å². The fourth-order valence-electron chi connectivity index (χ4n) is 2.02. The van der Waals surface area contributed by atoms with Crippen molar-refractivity contribution < 1.29 is 4.74 Å². The Morgan fingerprint density at radius 3 is 2.75 bits per heavy atom. The Morgan fingerprint density at radius 2 is 2.00 bits per heavy atom. The van der Waals surface area contributed by atoms with Crippen molar-refractivity contribution in [3.05, 3.63) is 34.4 Å². The summed E-state index contributed by atoms with van der Waals surface area (Å²) in [6.45, 7) is 0. The number of hydrogen-bond donors (Lipinski definition) is 2. The Kier molecular flexibility index (Phi) is 3.16. The quantitative estimate of drug-likeness (QED) is 0.759. The molecule has 0 aliphatic heterocycles. The maximum Gasteiger partial charge on any atom is 0.221 e. The van der Waals surface area contributed by atoms with Crippen LogP contribution in [-0.2, 0) is 0 Å². The molecule has 0 bridgehead atoms. The topological polar surface area (TPSA) is 76.8 Å². The maximum absolute atomic E-state index is 6.26. The predicted octanol–water partition coefficient (Wildman–Crippen LogP) is 3.52. The molecule has 3 aromatic rings. The van der Waals surface area contributed by atoms with Gasteiger partial charge in [0.1, 0.15) is 11.4 Å². The fraction of sp³-hybridized carbons (Fsp3) is 0.0769. The number of anilines is 1. The third-order valence-electron chi connectivity index (χ3n) is 2.92. The summed E-state index contributed by atoms with van der Waals surface area (Å²) in [7, 11) is 1.54. The minimum absolute atomic E-state index is 0.178. The van der Waals surface area contributed by atoms with Crippen LogP contribution in [0, 0.1) is 0 Å². The van der Waals surface area contributed by atoms with Gasteiger partial charge in [-0.3, -0.25) is 0 Å². The van der Waals surface area contributed by atoms with Gasteiger partial charge in [-0.1, -0.05) is 23.2 Å². The van der Waals surface area contributed by atoms with Gasteiger partial charge in [0.2, 0.25) is 5.95 Å². The summed E-state index contributed by atoms with van der Waals surface area (Å²) < 4.78 is 5.21. The summed E-state index contributed by atoms with van der Waals surface area (Å²) in [5.74, 6) is 0.694. The standard InChI is InChI=1S/C13H10Cl2N4O/c1-20-10-4-6(7(14)5-8(10)15)11-12-9(2-3-17-12)18-13(16)19-11/h2-5,17H,1H3,(H2,16,18,19). The van der Waals surface area contributed by atoms with Gasteiger partial charge in [-0.05, 0) is 18.2 Å². The Labute approximate surface area is 124 Å². The number of aromatic nitrogens is 3. The Bertz CT molecular complexity index is 800. The average molecular weight is 309 g/mol. The zero-order valence-electron chi connectivity index (χ0n) is 10.4. The number of nitrogens with zero attached hydrogens (tertiary/aromatic N) is 2. The van der Waals surface area contributed by atoms with Gasteiger partial charge in [-0.25, -0.2) is 9.97 Å². The molecule has 1 aromatic carbocycles. The fourth-order valence-corrected chi connectivity index (χ4v) is 2.57. The van der Waals surface area contributed by atoms with Crippen LogP contribution < -0.4 is 10.5 Å². The van der Waals surface area contributed by atoms with E-state index in [1.54, 1.807) is 18.3 Å². The van der Waals surface area contributed by atoms with Crippen molar-refractivity contribution in [3.63, 3.8) is 0 Å². The van der Waals surface area contributed by atoms with Gasteiger partial charge in [-0.2, -0.15) is 0 Å². The van der Waals surface area contributed by atoms with Crippen LogP contribution in [0.2, 0.25) is 10.0 Å². The normalized spacial score (nSPS) is 10.9. The second-order valence-corrected chi connectivity index (χ2v) is 4.95. The highest BCUT2D eigenvalue weighted by Crippen LogP contribution is 2.38. The Morgan fingerprint density at radius 1 is 1.20 bits per heavy atom. The van der Waals surface area contributed by atoms with Crippen LogP contribution >= 0.6 is 23.2 Å². The maximum atomic E-state index is 6.26. The number of fused-ring (bicyclic) bond motifs is 1. The number of aromatic amines is 1. The van der Waals surface area contributed by atoms with Crippen molar-refractivity contribution in [3.8, 4) is 17.0 Å². The lowest BCUT2D eigenvalue weighted by Crippen LogP contribution is -1.98. The lowest BCUT2D eigenvalue weighted by molar-refractivity contribution is 0.415. The van der Waals surface area contributed by atoms with Crippen LogP contribution in [0.4, 0.5) is 5.95 Å². The zero-order chi connectivity index (χ0) is 14.3. The number of methoxy groups -OCH3 is 1. The lowest BCUT2D eigenvalue weighted by Gasteiger charge is -2.10. The molecule has 0 aliphatic carbocycles. The first-order valence-electron chi connectivity index (χ1n) is 5.74. The van der Waals surface area contributed by atoms with Gasteiger partial charge >= 0.3 is 0 Å². The van der Waals surface area contributed by atoms with E-state index in [1.807, 2.05) is 6.07 Å². The van der Waals surface area contributed by atoms with Crippen LogP contribution in [0.3, 0.4) is 0 Å². The smallest absolute Gasteiger partial charge is 0.221 e. The van der Waals surface area contributed by atoms with E-state index >= 15 is 0 Å². The highest BCUT2D eigenvalue weighted by Gasteiger charge is 2.15. The van der Waals surface area contributed by atoms with Gasteiger partial charge in [0.05, 0.1) is 28.2 Å². The monoisotopic (exact) mass is 308 g/mol. The number of benzene rings is 1. The molecular formula is C13H10Cl2N4O. The number of hydrogen-bond acceptors (Lipinski definition) is 4. The molecule has 102 valence electrons. The Balaban J connectivity index is 2.33. The molecule has 7 heteroatoms. The molecule has 3 rings (SSSR count). The molecule has 2 aromatic heterocycles. The summed E-state index contributed by atoms with van der Waals surface area (Å²) in [5, 5.41) is 0.899. The van der Waals surface area contributed by atoms with Crippen molar-refractivity contribution in [2.24, 2.45) is 0 Å². The number of rotatable bonds is 2. The molecule has 2 heterocycles. The number of nitrogens with two attached hydrogens (primary N) is 1. The number of nitrogens with one attached hydrogen (secondary N) is 1. The summed E-state index contributed by atoms with van der Waals surface area (Å²) in [6, 6.07) is 5.16. The first-order chi connectivity index (χ1) is 9.60. The van der Waals surface area contributed by atoms with Crippen LogP contribution in [0.1, 0.15) is 0 Å². The predicted molar refractivity (Wildman–Crippen MR) is 80.3 cm³/mol. The molecule has 0 unspecified atom stereocenters. The largest absolute Gasteiger partial charge is 0.495 e. The van der Waals surface area contributed by atoms with Crippen LogP contribution in [0.15, 0.2) is 24.4 Å². The number of ether oxygens (including phenoxy) is 1. The minimum Gasteiger partial charge on any atom is -0.495 e. The number of halogens is 2. The van der Waals surface area contributed by atoms with E-state index in [2.05, 4.69) is 15.0 Å². The van der Waals surface area contributed by atoms with Crippen LogP contribution in [-0.4, -0.2) is 22.1 Å². The van der Waals surface area contributed by atoms with Crippen LogP contribution in [0.25, 0.3) is 22.3 Å². The lowest BCUT2D eigenvalue weighted by atomic mass is 10.1. The summed E-state index contributed by atoms with van der Waals surface area (Å²) >= 11 is 12.3.